The lowest BCUT2D eigenvalue weighted by atomic mass is 10.2. The molecule has 0 spiro atoms. The van der Waals surface area contributed by atoms with E-state index < -0.39 is 0 Å². The highest BCUT2D eigenvalue weighted by Gasteiger charge is 2.11. The van der Waals surface area contributed by atoms with Gasteiger partial charge in [0.25, 0.3) is 0 Å². The number of para-hydroxylation sites is 2. The third-order valence-electron chi connectivity index (χ3n) is 3.18. The Morgan fingerprint density at radius 1 is 1.26 bits per heavy atom. The van der Waals surface area contributed by atoms with E-state index in [0.717, 1.165) is 16.3 Å². The van der Waals surface area contributed by atoms with E-state index in [1.54, 1.807) is 31.6 Å². The highest BCUT2D eigenvalue weighted by atomic mass is 32.1. The molecular weight excluding hydrogens is 310 g/mol. The molecule has 0 aliphatic carbocycles. The van der Waals surface area contributed by atoms with Gasteiger partial charge in [-0.2, -0.15) is 0 Å². The highest BCUT2D eigenvalue weighted by molar-refractivity contribution is 7.13. The molecule has 0 aliphatic heterocycles. The zero-order valence-electron chi connectivity index (χ0n) is 12.5. The van der Waals surface area contributed by atoms with Gasteiger partial charge in [-0.25, -0.2) is 4.98 Å². The van der Waals surface area contributed by atoms with Crippen molar-refractivity contribution in [3.8, 4) is 16.3 Å². The van der Waals surface area contributed by atoms with Gasteiger partial charge in [-0.1, -0.05) is 12.1 Å². The van der Waals surface area contributed by atoms with Crippen LogP contribution in [0.3, 0.4) is 0 Å². The summed E-state index contributed by atoms with van der Waals surface area (Å²) in [5, 5.41) is 5.60. The smallest absolute Gasteiger partial charge is 0.230 e. The van der Waals surface area contributed by atoms with E-state index in [0.29, 0.717) is 11.4 Å². The lowest BCUT2D eigenvalue weighted by Crippen LogP contribution is -2.15. The van der Waals surface area contributed by atoms with E-state index in [4.69, 9.17) is 4.74 Å². The van der Waals surface area contributed by atoms with Crippen LogP contribution < -0.4 is 10.1 Å². The summed E-state index contributed by atoms with van der Waals surface area (Å²) >= 11 is 1.50. The van der Waals surface area contributed by atoms with Crippen molar-refractivity contribution in [2.24, 2.45) is 0 Å². The number of amides is 1. The SMILES string of the molecule is COc1ccccc1NC(=O)Cc1csc(-c2cccnc2)n1. The minimum absolute atomic E-state index is 0.127. The summed E-state index contributed by atoms with van der Waals surface area (Å²) in [5.74, 6) is 0.507. The van der Waals surface area contributed by atoms with Crippen LogP contribution in [0.1, 0.15) is 5.69 Å². The number of carbonyl (C=O) groups excluding carboxylic acids is 1. The van der Waals surface area contributed by atoms with E-state index in [9.17, 15) is 4.79 Å². The van der Waals surface area contributed by atoms with Crippen LogP contribution in [0.2, 0.25) is 0 Å². The molecule has 3 rings (SSSR count). The number of benzene rings is 1. The molecule has 0 saturated carbocycles. The summed E-state index contributed by atoms with van der Waals surface area (Å²) in [6.07, 6.45) is 3.70. The molecule has 3 aromatic rings. The van der Waals surface area contributed by atoms with Crippen LogP contribution >= 0.6 is 11.3 Å². The van der Waals surface area contributed by atoms with Crippen molar-refractivity contribution >= 4 is 22.9 Å². The number of ether oxygens (including phenoxy) is 1. The summed E-state index contributed by atoms with van der Waals surface area (Å²) in [6, 6.07) is 11.1. The first-order chi connectivity index (χ1) is 11.3. The van der Waals surface area contributed by atoms with Gasteiger partial charge in [-0.15, -0.1) is 11.3 Å². The second-order valence-corrected chi connectivity index (χ2v) is 5.67. The number of hydrogen-bond acceptors (Lipinski definition) is 5. The minimum Gasteiger partial charge on any atom is -0.495 e. The zero-order chi connectivity index (χ0) is 16.1. The number of nitrogens with zero attached hydrogens (tertiary/aromatic N) is 2. The number of methoxy groups -OCH3 is 1. The van der Waals surface area contributed by atoms with Crippen LogP contribution in [0.4, 0.5) is 5.69 Å². The normalized spacial score (nSPS) is 10.3. The number of rotatable bonds is 5. The topological polar surface area (TPSA) is 64.1 Å². The summed E-state index contributed by atoms with van der Waals surface area (Å²) < 4.78 is 5.22. The van der Waals surface area contributed by atoms with E-state index >= 15 is 0 Å². The van der Waals surface area contributed by atoms with E-state index in [-0.39, 0.29) is 12.3 Å². The Hall–Kier alpha value is -2.73. The first-order valence-corrected chi connectivity index (χ1v) is 7.92. The van der Waals surface area contributed by atoms with Crippen molar-refractivity contribution in [2.75, 3.05) is 12.4 Å². The molecule has 0 unspecified atom stereocenters. The molecule has 1 amide bonds. The fraction of sp³-hybridized carbons (Fsp3) is 0.118. The molecule has 2 aromatic heterocycles. The molecule has 23 heavy (non-hydrogen) atoms. The number of pyridine rings is 1. The standard InChI is InChI=1S/C17H15N3O2S/c1-22-15-7-3-2-6-14(15)20-16(21)9-13-11-23-17(19-13)12-5-4-8-18-10-12/h2-8,10-11H,9H2,1H3,(H,20,21). The van der Waals surface area contributed by atoms with Crippen LogP contribution in [-0.4, -0.2) is 23.0 Å². The summed E-state index contributed by atoms with van der Waals surface area (Å²) in [5.41, 5.74) is 2.35. The van der Waals surface area contributed by atoms with Crippen molar-refractivity contribution in [1.82, 2.24) is 9.97 Å². The third kappa shape index (κ3) is 3.73. The predicted molar refractivity (Wildman–Crippen MR) is 90.7 cm³/mol. The summed E-state index contributed by atoms with van der Waals surface area (Å²) in [4.78, 5) is 20.8. The zero-order valence-corrected chi connectivity index (χ0v) is 13.3. The molecule has 0 aliphatic rings. The van der Waals surface area contributed by atoms with Gasteiger partial charge in [-0.3, -0.25) is 9.78 Å². The van der Waals surface area contributed by atoms with Crippen LogP contribution in [0.5, 0.6) is 5.75 Å². The average Bonchev–Trinajstić information content (AvgIpc) is 3.04. The Morgan fingerprint density at radius 2 is 2.13 bits per heavy atom. The number of hydrogen-bond donors (Lipinski definition) is 1. The van der Waals surface area contributed by atoms with Crippen molar-refractivity contribution < 1.29 is 9.53 Å². The van der Waals surface area contributed by atoms with Crippen LogP contribution in [0, 0.1) is 0 Å². The number of anilines is 1. The molecule has 116 valence electrons. The minimum atomic E-state index is -0.127. The Labute approximate surface area is 138 Å². The monoisotopic (exact) mass is 325 g/mol. The van der Waals surface area contributed by atoms with Gasteiger partial charge in [0.1, 0.15) is 10.8 Å². The fourth-order valence-corrected chi connectivity index (χ4v) is 2.93. The second-order valence-electron chi connectivity index (χ2n) is 4.81. The Morgan fingerprint density at radius 3 is 2.91 bits per heavy atom. The van der Waals surface area contributed by atoms with Crippen LogP contribution in [0.25, 0.3) is 10.6 Å². The first kappa shape index (κ1) is 15.2. The van der Waals surface area contributed by atoms with Gasteiger partial charge in [-0.05, 0) is 24.3 Å². The van der Waals surface area contributed by atoms with Gasteiger partial charge < -0.3 is 10.1 Å². The van der Waals surface area contributed by atoms with Crippen molar-refractivity contribution in [1.29, 1.82) is 0 Å². The van der Waals surface area contributed by atoms with Gasteiger partial charge >= 0.3 is 0 Å². The van der Waals surface area contributed by atoms with E-state index in [1.807, 2.05) is 29.6 Å². The predicted octanol–water partition coefficient (Wildman–Crippen LogP) is 3.39. The lowest BCUT2D eigenvalue weighted by Gasteiger charge is -2.08. The number of thiazole rings is 1. The van der Waals surface area contributed by atoms with Crippen LogP contribution in [0.15, 0.2) is 54.2 Å². The van der Waals surface area contributed by atoms with Gasteiger partial charge in [0.2, 0.25) is 5.91 Å². The maximum Gasteiger partial charge on any atom is 0.230 e. The number of aromatic nitrogens is 2. The van der Waals surface area contributed by atoms with E-state index in [1.165, 1.54) is 11.3 Å². The summed E-state index contributed by atoms with van der Waals surface area (Å²) in [6.45, 7) is 0. The highest BCUT2D eigenvalue weighted by Crippen LogP contribution is 2.25. The van der Waals surface area contributed by atoms with Crippen LogP contribution in [-0.2, 0) is 11.2 Å². The molecule has 1 N–H and O–H groups in total. The second kappa shape index (κ2) is 7.02. The largest absolute Gasteiger partial charge is 0.495 e. The van der Waals surface area contributed by atoms with Crippen molar-refractivity contribution in [2.45, 2.75) is 6.42 Å². The molecular formula is C17H15N3O2S. The van der Waals surface area contributed by atoms with Gasteiger partial charge in [0.05, 0.1) is 24.9 Å². The number of nitrogens with one attached hydrogen (secondary N) is 1. The Kier molecular flexibility index (Phi) is 4.63. The van der Waals surface area contributed by atoms with Gasteiger partial charge in [0, 0.05) is 23.3 Å². The average molecular weight is 325 g/mol. The molecule has 0 saturated heterocycles. The molecule has 1 aromatic carbocycles. The van der Waals surface area contributed by atoms with Crippen molar-refractivity contribution in [3.63, 3.8) is 0 Å². The quantitative estimate of drug-likeness (QED) is 0.781. The molecule has 0 fully saturated rings. The van der Waals surface area contributed by atoms with Gasteiger partial charge in [0.15, 0.2) is 0 Å². The molecule has 6 heteroatoms. The van der Waals surface area contributed by atoms with Crippen molar-refractivity contribution in [3.05, 3.63) is 59.9 Å². The Balaban J connectivity index is 1.68. The maximum absolute atomic E-state index is 12.2. The molecule has 5 nitrogen and oxygen atoms in total. The molecule has 2 heterocycles. The molecule has 0 atom stereocenters. The number of carbonyl (C=O) groups is 1. The fourth-order valence-electron chi connectivity index (χ4n) is 2.12. The maximum atomic E-state index is 12.2. The third-order valence-corrected chi connectivity index (χ3v) is 4.12. The summed E-state index contributed by atoms with van der Waals surface area (Å²) in [7, 11) is 1.57. The van der Waals surface area contributed by atoms with E-state index in [2.05, 4.69) is 15.3 Å². The lowest BCUT2D eigenvalue weighted by molar-refractivity contribution is -0.115. The molecule has 0 bridgehead atoms. The first-order valence-electron chi connectivity index (χ1n) is 7.04. The Bertz CT molecular complexity index is 802. The molecule has 0 radical (unpaired) electrons.